The number of halogens is 2. The van der Waals surface area contributed by atoms with Crippen molar-refractivity contribution in [3.63, 3.8) is 0 Å². The van der Waals surface area contributed by atoms with E-state index in [0.29, 0.717) is 30.8 Å². The van der Waals surface area contributed by atoms with Crippen LogP contribution in [0.25, 0.3) is 0 Å². The Morgan fingerprint density at radius 2 is 1.81 bits per heavy atom. The molecule has 7 rings (SSSR count). The highest BCUT2D eigenvalue weighted by molar-refractivity contribution is 6.39. The maximum absolute atomic E-state index is 12.9. The minimum absolute atomic E-state index is 0.00816. The second kappa shape index (κ2) is 12.1. The summed E-state index contributed by atoms with van der Waals surface area (Å²) < 4.78 is 5.75. The zero-order valence-electron chi connectivity index (χ0n) is 19.6. The summed E-state index contributed by atoms with van der Waals surface area (Å²) in [6, 6.07) is 10.6. The summed E-state index contributed by atoms with van der Waals surface area (Å²) in [5, 5.41) is 9.01. The number of nitrogens with one attached hydrogen (secondary N) is 3. The Bertz CT molecular complexity index is 1150. The van der Waals surface area contributed by atoms with E-state index in [1.54, 1.807) is 12.1 Å². The SMILES string of the molecule is NC1=NCc2cc(Cl)c(c(Cl)c2)NC(=O)CNC/C=C/COc2ccc(cc2)N2CCC[C@H]2C(=O)N1. The monoisotopic (exact) mass is 530 g/mol. The molecule has 5 aliphatic rings. The van der Waals surface area contributed by atoms with Crippen molar-refractivity contribution in [1.29, 1.82) is 0 Å². The van der Waals surface area contributed by atoms with Crippen molar-refractivity contribution < 1.29 is 14.3 Å². The number of rotatable bonds is 0. The first kappa shape index (κ1) is 25.8. The van der Waals surface area contributed by atoms with Crippen molar-refractivity contribution >= 4 is 52.4 Å². The Hall–Kier alpha value is -3.27. The van der Waals surface area contributed by atoms with Crippen molar-refractivity contribution in [3.8, 4) is 5.75 Å². The molecule has 1 saturated heterocycles. The highest BCUT2D eigenvalue weighted by atomic mass is 35.5. The van der Waals surface area contributed by atoms with Gasteiger partial charge >= 0.3 is 0 Å². The number of carbonyl (C=O) groups excluding carboxylic acids is 2. The number of aliphatic imine (C=N–C) groups is 1. The lowest BCUT2D eigenvalue weighted by molar-refractivity contribution is -0.120. The molecule has 5 heterocycles. The van der Waals surface area contributed by atoms with Crippen LogP contribution in [0.5, 0.6) is 5.75 Å². The van der Waals surface area contributed by atoms with Crippen molar-refractivity contribution in [3.05, 3.63) is 64.2 Å². The van der Waals surface area contributed by atoms with Crippen molar-refractivity contribution in [2.24, 2.45) is 10.7 Å². The normalized spacial score (nSPS) is 20.6. The standard InChI is InChI=1S/C25H28Cl2N6O3/c26-19-12-16-13-20(27)23(19)31-22(34)15-29-9-1-2-11-36-18-7-5-17(6-8-18)33-10-3-4-21(33)24(35)32-25(28)30-14-16/h1-2,5-8,12-13,21,29H,3-4,9-11,14-15H2,(H,31,34)(H3,28,30,32,35)/b2-1+/t21-/m0/s1. The fourth-order valence-electron chi connectivity index (χ4n) is 4.09. The number of nitrogens with two attached hydrogens (primary N) is 1. The fourth-order valence-corrected chi connectivity index (χ4v) is 4.72. The van der Waals surface area contributed by atoms with E-state index < -0.39 is 0 Å². The Balaban J connectivity index is 1.54. The summed E-state index contributed by atoms with van der Waals surface area (Å²) in [5.74, 6) is 0.239. The van der Waals surface area contributed by atoms with Gasteiger partial charge in [0, 0.05) is 18.8 Å². The third-order valence-corrected chi connectivity index (χ3v) is 6.43. The minimum atomic E-state index is -0.349. The number of guanidine groups is 1. The quantitative estimate of drug-likeness (QED) is 0.388. The van der Waals surface area contributed by atoms with E-state index in [-0.39, 0.29) is 47.0 Å². The Morgan fingerprint density at radius 3 is 2.56 bits per heavy atom. The molecule has 0 aliphatic carbocycles. The maximum atomic E-state index is 12.9. The smallest absolute Gasteiger partial charge is 0.249 e. The first-order chi connectivity index (χ1) is 17.4. The average Bonchev–Trinajstić information content (AvgIpc) is 3.34. The van der Waals surface area contributed by atoms with E-state index in [1.807, 2.05) is 36.4 Å². The van der Waals surface area contributed by atoms with Crippen LogP contribution in [-0.4, -0.2) is 50.1 Å². The maximum Gasteiger partial charge on any atom is 0.249 e. The van der Waals surface area contributed by atoms with Gasteiger partial charge in [0.05, 0.1) is 28.8 Å². The molecule has 36 heavy (non-hydrogen) atoms. The summed E-state index contributed by atoms with van der Waals surface area (Å²) in [6.45, 7) is 1.89. The molecule has 2 aromatic rings. The van der Waals surface area contributed by atoms with Crippen molar-refractivity contribution in [1.82, 2.24) is 10.6 Å². The zero-order valence-corrected chi connectivity index (χ0v) is 21.1. The first-order valence-corrected chi connectivity index (χ1v) is 12.4. The summed E-state index contributed by atoms with van der Waals surface area (Å²) in [4.78, 5) is 31.6. The molecule has 190 valence electrons. The minimum Gasteiger partial charge on any atom is -0.490 e. The van der Waals surface area contributed by atoms with E-state index in [0.717, 1.165) is 24.4 Å². The Morgan fingerprint density at radius 1 is 1.06 bits per heavy atom. The molecule has 4 bridgehead atoms. The summed E-state index contributed by atoms with van der Waals surface area (Å²) in [7, 11) is 0. The van der Waals surface area contributed by atoms with Gasteiger partial charge in [0.25, 0.3) is 0 Å². The molecular weight excluding hydrogens is 503 g/mol. The lowest BCUT2D eigenvalue weighted by atomic mass is 10.2. The second-order valence-corrected chi connectivity index (χ2v) is 9.25. The van der Waals surface area contributed by atoms with Gasteiger partial charge in [0.15, 0.2) is 5.96 Å². The Labute approximate surface area is 219 Å². The van der Waals surface area contributed by atoms with Crippen LogP contribution < -0.4 is 31.3 Å². The number of amides is 2. The molecule has 0 aromatic heterocycles. The molecule has 11 heteroatoms. The number of carbonyl (C=O) groups is 2. The molecule has 2 aromatic carbocycles. The number of anilines is 2. The van der Waals surface area contributed by atoms with E-state index >= 15 is 0 Å². The van der Waals surface area contributed by atoms with Gasteiger partial charge in [-0.3, -0.25) is 14.9 Å². The number of benzene rings is 2. The number of hydrogen-bond donors (Lipinski definition) is 4. The van der Waals surface area contributed by atoms with E-state index in [9.17, 15) is 9.59 Å². The lowest BCUT2D eigenvalue weighted by Crippen LogP contribution is -2.48. The van der Waals surface area contributed by atoms with Crippen LogP contribution in [0.3, 0.4) is 0 Å². The topological polar surface area (TPSA) is 121 Å². The molecule has 0 radical (unpaired) electrons. The molecule has 0 saturated carbocycles. The summed E-state index contributed by atoms with van der Waals surface area (Å²) in [6.07, 6.45) is 5.37. The van der Waals surface area contributed by atoms with Gasteiger partial charge in [-0.15, -0.1) is 0 Å². The van der Waals surface area contributed by atoms with Crippen LogP contribution in [0.2, 0.25) is 10.0 Å². The van der Waals surface area contributed by atoms with Gasteiger partial charge in [-0.05, 0) is 54.8 Å². The van der Waals surface area contributed by atoms with Gasteiger partial charge in [-0.25, -0.2) is 4.99 Å². The van der Waals surface area contributed by atoms with Gasteiger partial charge in [-0.2, -0.15) is 0 Å². The van der Waals surface area contributed by atoms with Crippen LogP contribution >= 0.6 is 23.2 Å². The van der Waals surface area contributed by atoms with Crippen LogP contribution in [0.4, 0.5) is 11.4 Å². The molecule has 1 fully saturated rings. The van der Waals surface area contributed by atoms with Crippen LogP contribution in [0.15, 0.2) is 53.5 Å². The molecule has 0 unspecified atom stereocenters. The van der Waals surface area contributed by atoms with Crippen molar-refractivity contribution in [2.45, 2.75) is 25.4 Å². The van der Waals surface area contributed by atoms with E-state index in [2.05, 4.69) is 25.8 Å². The third-order valence-electron chi connectivity index (χ3n) is 5.83. The molecule has 1 atom stereocenters. The van der Waals surface area contributed by atoms with E-state index in [1.165, 1.54) is 0 Å². The molecule has 5 aliphatic heterocycles. The summed E-state index contributed by atoms with van der Waals surface area (Å²) in [5.41, 5.74) is 7.94. The molecule has 9 nitrogen and oxygen atoms in total. The fraction of sp³-hybridized carbons (Fsp3) is 0.320. The number of ether oxygens (including phenoxy) is 1. The summed E-state index contributed by atoms with van der Waals surface area (Å²) >= 11 is 12.7. The highest BCUT2D eigenvalue weighted by Crippen LogP contribution is 2.32. The molecule has 2 amide bonds. The molecule has 5 N–H and O–H groups in total. The van der Waals surface area contributed by atoms with Gasteiger partial charge in [-0.1, -0.05) is 35.4 Å². The third kappa shape index (κ3) is 6.69. The predicted molar refractivity (Wildman–Crippen MR) is 143 cm³/mol. The van der Waals surface area contributed by atoms with Crippen LogP contribution in [0, 0.1) is 0 Å². The second-order valence-electron chi connectivity index (χ2n) is 8.43. The average molecular weight is 531 g/mol. The van der Waals surface area contributed by atoms with Gasteiger partial charge in [0.2, 0.25) is 11.8 Å². The van der Waals surface area contributed by atoms with Gasteiger partial charge < -0.3 is 26.0 Å². The molecule has 0 spiro atoms. The lowest BCUT2D eigenvalue weighted by Gasteiger charge is -2.26. The predicted octanol–water partition coefficient (Wildman–Crippen LogP) is 3.07. The van der Waals surface area contributed by atoms with Crippen LogP contribution in [0.1, 0.15) is 18.4 Å². The van der Waals surface area contributed by atoms with E-state index in [4.69, 9.17) is 33.7 Å². The van der Waals surface area contributed by atoms with Crippen LogP contribution in [-0.2, 0) is 16.1 Å². The number of hydrogen-bond acceptors (Lipinski definition) is 7. The zero-order chi connectivity index (χ0) is 25.5. The molecular formula is C25H28Cl2N6O3. The number of nitrogens with zero attached hydrogens (tertiary/aromatic N) is 2. The van der Waals surface area contributed by atoms with Gasteiger partial charge in [0.1, 0.15) is 18.4 Å². The largest absolute Gasteiger partial charge is 0.490 e. The van der Waals surface area contributed by atoms with Crippen molar-refractivity contribution in [2.75, 3.05) is 36.5 Å². The highest BCUT2D eigenvalue weighted by Gasteiger charge is 2.31. The Kier molecular flexibility index (Phi) is 8.69. The first-order valence-electron chi connectivity index (χ1n) is 11.6.